The number of thiazole rings is 1. The summed E-state index contributed by atoms with van der Waals surface area (Å²) >= 11 is 3.01. The van der Waals surface area contributed by atoms with E-state index in [-0.39, 0.29) is 5.78 Å². The number of hydrogen-bond donors (Lipinski definition) is 0. The molecular weight excluding hydrogens is 378 g/mol. The van der Waals surface area contributed by atoms with Crippen LogP contribution < -0.4 is 0 Å². The molecule has 6 nitrogen and oxygen atoms in total. The third-order valence-electron chi connectivity index (χ3n) is 4.67. The van der Waals surface area contributed by atoms with E-state index in [0.717, 1.165) is 33.1 Å². The van der Waals surface area contributed by atoms with E-state index in [0.29, 0.717) is 18.2 Å². The predicted molar refractivity (Wildman–Crippen MR) is 108 cm³/mol. The third-order valence-corrected chi connectivity index (χ3v) is 6.40. The van der Waals surface area contributed by atoms with Gasteiger partial charge in [0, 0.05) is 41.0 Å². The predicted octanol–water partition coefficient (Wildman–Crippen LogP) is 4.18. The van der Waals surface area contributed by atoms with Crippen LogP contribution in [0.5, 0.6) is 0 Å². The number of aromatic nitrogens is 5. The van der Waals surface area contributed by atoms with Crippen LogP contribution in [0.4, 0.5) is 0 Å². The number of thioether (sulfide) groups is 1. The molecule has 3 heterocycles. The van der Waals surface area contributed by atoms with Gasteiger partial charge in [0.15, 0.2) is 16.1 Å². The second-order valence-electron chi connectivity index (χ2n) is 6.66. The molecule has 0 saturated heterocycles. The van der Waals surface area contributed by atoms with Crippen LogP contribution in [0.2, 0.25) is 0 Å². The lowest BCUT2D eigenvalue weighted by atomic mass is 10.2. The molecule has 3 aromatic heterocycles. The van der Waals surface area contributed by atoms with E-state index in [4.69, 9.17) is 0 Å². The Bertz CT molecular complexity index is 982. The lowest BCUT2D eigenvalue weighted by Crippen LogP contribution is -2.07. The molecule has 0 amide bonds. The van der Waals surface area contributed by atoms with Crippen molar-refractivity contribution in [3.63, 3.8) is 0 Å². The maximum atomic E-state index is 12.9. The summed E-state index contributed by atoms with van der Waals surface area (Å²) < 4.78 is 4.12. The molecular formula is C19H21N5OS2. The molecule has 1 saturated carbocycles. The van der Waals surface area contributed by atoms with E-state index >= 15 is 0 Å². The fraction of sp³-hybridized carbons (Fsp3) is 0.368. The normalized spacial score (nSPS) is 13.9. The number of aryl methyl sites for hydroxylation is 1. The van der Waals surface area contributed by atoms with Gasteiger partial charge in [-0.15, -0.1) is 28.1 Å². The number of ketones is 1. The molecule has 0 aromatic carbocycles. The van der Waals surface area contributed by atoms with Gasteiger partial charge in [0.05, 0.1) is 5.75 Å². The Balaban J connectivity index is 1.52. The van der Waals surface area contributed by atoms with Crippen molar-refractivity contribution in [2.75, 3.05) is 5.75 Å². The Morgan fingerprint density at radius 1 is 1.41 bits per heavy atom. The van der Waals surface area contributed by atoms with Crippen molar-refractivity contribution in [2.24, 2.45) is 0 Å². The van der Waals surface area contributed by atoms with Gasteiger partial charge in [0.1, 0.15) is 5.82 Å². The zero-order valence-corrected chi connectivity index (χ0v) is 17.0. The van der Waals surface area contributed by atoms with Gasteiger partial charge < -0.3 is 4.57 Å². The fourth-order valence-electron chi connectivity index (χ4n) is 3.22. The van der Waals surface area contributed by atoms with Crippen LogP contribution in [-0.4, -0.2) is 35.9 Å². The molecule has 0 bridgehead atoms. The number of Topliss-reactive ketones (excluding diaryl/α,β-unsaturated/α-hetero) is 1. The molecule has 0 atom stereocenters. The Morgan fingerprint density at radius 3 is 2.89 bits per heavy atom. The van der Waals surface area contributed by atoms with Crippen molar-refractivity contribution in [1.29, 1.82) is 0 Å². The van der Waals surface area contributed by atoms with Crippen LogP contribution in [0.3, 0.4) is 0 Å². The zero-order chi connectivity index (χ0) is 19.0. The molecule has 1 aliphatic rings. The van der Waals surface area contributed by atoms with Gasteiger partial charge in [-0.2, -0.15) is 0 Å². The van der Waals surface area contributed by atoms with Gasteiger partial charge in [-0.05, 0) is 32.8 Å². The summed E-state index contributed by atoms with van der Waals surface area (Å²) in [6, 6.07) is 1.95. The molecule has 3 aromatic rings. The lowest BCUT2D eigenvalue weighted by Gasteiger charge is -2.07. The van der Waals surface area contributed by atoms with Gasteiger partial charge >= 0.3 is 0 Å². The average molecular weight is 400 g/mol. The smallest absolute Gasteiger partial charge is 0.193 e. The Hall–Kier alpha value is -2.19. The first-order valence-electron chi connectivity index (χ1n) is 8.89. The lowest BCUT2D eigenvalue weighted by molar-refractivity contribution is 0.102. The Labute approximate surface area is 166 Å². The molecule has 1 fully saturated rings. The SMILES string of the molecule is C=CCn1c(SCC(=O)c2cc(C)n(-c3nccs3)c2C)nnc1C1CC1. The van der Waals surface area contributed by atoms with Crippen LogP contribution in [0.15, 0.2) is 35.5 Å². The Kier molecular flexibility index (Phi) is 5.01. The van der Waals surface area contributed by atoms with Gasteiger partial charge in [-0.3, -0.25) is 9.36 Å². The van der Waals surface area contributed by atoms with E-state index in [1.165, 1.54) is 24.6 Å². The van der Waals surface area contributed by atoms with Crippen molar-refractivity contribution in [3.05, 3.63) is 53.1 Å². The van der Waals surface area contributed by atoms with Crippen LogP contribution >= 0.6 is 23.1 Å². The van der Waals surface area contributed by atoms with Crippen LogP contribution in [-0.2, 0) is 6.54 Å². The van der Waals surface area contributed by atoms with Gasteiger partial charge in [0.2, 0.25) is 0 Å². The maximum absolute atomic E-state index is 12.9. The summed E-state index contributed by atoms with van der Waals surface area (Å²) in [5.74, 6) is 1.96. The molecule has 140 valence electrons. The first kappa shape index (κ1) is 18.2. The van der Waals surface area contributed by atoms with Crippen molar-refractivity contribution >= 4 is 28.9 Å². The molecule has 8 heteroatoms. The van der Waals surface area contributed by atoms with Gasteiger partial charge in [-0.25, -0.2) is 4.98 Å². The number of rotatable bonds is 8. The summed E-state index contributed by atoms with van der Waals surface area (Å²) in [5, 5.41) is 12.3. The summed E-state index contributed by atoms with van der Waals surface area (Å²) in [6.07, 6.45) is 5.96. The van der Waals surface area contributed by atoms with Gasteiger partial charge in [-0.1, -0.05) is 17.8 Å². The summed E-state index contributed by atoms with van der Waals surface area (Å²) in [7, 11) is 0. The zero-order valence-electron chi connectivity index (χ0n) is 15.4. The highest BCUT2D eigenvalue weighted by Crippen LogP contribution is 2.40. The van der Waals surface area contributed by atoms with Crippen molar-refractivity contribution in [1.82, 2.24) is 24.3 Å². The molecule has 0 N–H and O–H groups in total. The highest BCUT2D eigenvalue weighted by molar-refractivity contribution is 7.99. The van der Waals surface area contributed by atoms with E-state index in [9.17, 15) is 4.79 Å². The minimum absolute atomic E-state index is 0.0945. The first-order chi connectivity index (χ1) is 13.1. The van der Waals surface area contributed by atoms with Crippen LogP contribution in [0.25, 0.3) is 5.13 Å². The van der Waals surface area contributed by atoms with E-state index in [1.54, 1.807) is 17.5 Å². The molecule has 1 aliphatic carbocycles. The van der Waals surface area contributed by atoms with E-state index in [1.807, 2.05) is 35.9 Å². The monoisotopic (exact) mass is 399 g/mol. The molecule has 0 aliphatic heterocycles. The van der Waals surface area contributed by atoms with Crippen molar-refractivity contribution < 1.29 is 4.79 Å². The molecule has 0 spiro atoms. The number of carbonyl (C=O) groups excluding carboxylic acids is 1. The average Bonchev–Trinajstić information content (AvgIpc) is 3.07. The maximum Gasteiger partial charge on any atom is 0.193 e. The Morgan fingerprint density at radius 2 is 2.22 bits per heavy atom. The second-order valence-corrected chi connectivity index (χ2v) is 8.48. The first-order valence-corrected chi connectivity index (χ1v) is 10.8. The van der Waals surface area contributed by atoms with Gasteiger partial charge in [0.25, 0.3) is 0 Å². The molecule has 27 heavy (non-hydrogen) atoms. The van der Waals surface area contributed by atoms with E-state index < -0.39 is 0 Å². The number of hydrogen-bond acceptors (Lipinski definition) is 6. The quantitative estimate of drug-likeness (QED) is 0.323. The number of nitrogens with zero attached hydrogens (tertiary/aromatic N) is 5. The van der Waals surface area contributed by atoms with Crippen LogP contribution in [0.1, 0.15) is 46.3 Å². The minimum Gasteiger partial charge on any atom is -0.302 e. The third kappa shape index (κ3) is 3.51. The second kappa shape index (κ2) is 7.44. The van der Waals surface area contributed by atoms with Crippen molar-refractivity contribution in [3.8, 4) is 5.13 Å². The molecule has 4 rings (SSSR count). The number of carbonyl (C=O) groups is 1. The summed E-state index contributed by atoms with van der Waals surface area (Å²) in [4.78, 5) is 17.2. The highest BCUT2D eigenvalue weighted by atomic mass is 32.2. The summed E-state index contributed by atoms with van der Waals surface area (Å²) in [5.41, 5.74) is 2.69. The van der Waals surface area contributed by atoms with Crippen LogP contribution in [0, 0.1) is 13.8 Å². The standard InChI is InChI=1S/C19H21N5OS2/c1-4-8-23-17(14-5-6-14)21-22-19(23)27-11-16(25)15-10-12(2)24(13(15)3)18-20-7-9-26-18/h4,7,9-10,14H,1,5-6,8,11H2,2-3H3. The molecule has 0 unspecified atom stereocenters. The van der Waals surface area contributed by atoms with Crippen molar-refractivity contribution in [2.45, 2.75) is 44.3 Å². The molecule has 0 radical (unpaired) electrons. The number of allylic oxidation sites excluding steroid dienone is 1. The summed E-state index contributed by atoms with van der Waals surface area (Å²) in [6.45, 7) is 8.47. The highest BCUT2D eigenvalue weighted by Gasteiger charge is 2.30. The topological polar surface area (TPSA) is 65.6 Å². The minimum atomic E-state index is 0.0945. The van der Waals surface area contributed by atoms with E-state index in [2.05, 4.69) is 26.3 Å². The largest absolute Gasteiger partial charge is 0.302 e. The fourth-order valence-corrected chi connectivity index (χ4v) is 4.81.